The highest BCUT2D eigenvalue weighted by molar-refractivity contribution is 5.61. The molecule has 21 heavy (non-hydrogen) atoms. The molecule has 0 amide bonds. The van der Waals surface area contributed by atoms with Crippen molar-refractivity contribution in [3.05, 3.63) is 35.4 Å². The van der Waals surface area contributed by atoms with Crippen LogP contribution in [0.15, 0.2) is 29.8 Å². The molecule has 0 aliphatic carbocycles. The zero-order valence-corrected chi connectivity index (χ0v) is 13.8. The van der Waals surface area contributed by atoms with Crippen molar-refractivity contribution in [3.8, 4) is 5.75 Å². The van der Waals surface area contributed by atoms with E-state index in [2.05, 4.69) is 37.8 Å². The number of methoxy groups -OCH3 is 1. The zero-order chi connectivity index (χ0) is 15.6. The van der Waals surface area contributed by atoms with Crippen LogP contribution in [0.2, 0.25) is 0 Å². The molecule has 1 aromatic rings. The summed E-state index contributed by atoms with van der Waals surface area (Å²) < 4.78 is 5.41. The summed E-state index contributed by atoms with van der Waals surface area (Å²) in [5, 5.41) is 10.1. The van der Waals surface area contributed by atoms with Gasteiger partial charge in [-0.3, -0.25) is 0 Å². The third-order valence-corrected chi connectivity index (χ3v) is 4.19. The Labute approximate surface area is 128 Å². The molecule has 0 saturated heterocycles. The summed E-state index contributed by atoms with van der Waals surface area (Å²) in [6.45, 7) is 10.5. The highest BCUT2D eigenvalue weighted by Gasteiger charge is 2.24. The average Bonchev–Trinajstić information content (AvgIpc) is 2.45. The van der Waals surface area contributed by atoms with Crippen molar-refractivity contribution in [2.45, 2.75) is 40.2 Å². The minimum absolute atomic E-state index is 0.244. The molecule has 1 atom stereocenters. The molecule has 0 bridgehead atoms. The predicted octanol–water partition coefficient (Wildman–Crippen LogP) is 3.93. The van der Waals surface area contributed by atoms with Crippen LogP contribution in [0.3, 0.4) is 0 Å². The van der Waals surface area contributed by atoms with Crippen molar-refractivity contribution < 1.29 is 9.84 Å². The maximum Gasteiger partial charge on any atom is 0.126 e. The minimum Gasteiger partial charge on any atom is -0.496 e. The van der Waals surface area contributed by atoms with Crippen LogP contribution in [-0.4, -0.2) is 25.3 Å². The molecule has 116 valence electrons. The quantitative estimate of drug-likeness (QED) is 0.856. The van der Waals surface area contributed by atoms with Crippen LogP contribution in [0.25, 0.3) is 0 Å². The molecule has 0 aromatic heterocycles. The third kappa shape index (κ3) is 3.41. The molecule has 0 spiro atoms. The number of aliphatic hydroxyl groups is 1. The molecule has 0 unspecified atom stereocenters. The second-order valence-corrected chi connectivity index (χ2v) is 6.74. The van der Waals surface area contributed by atoms with Gasteiger partial charge in [0.2, 0.25) is 0 Å². The Kier molecular flexibility index (Phi) is 4.62. The van der Waals surface area contributed by atoms with Crippen LogP contribution >= 0.6 is 0 Å². The molecule has 1 aromatic carbocycles. The summed E-state index contributed by atoms with van der Waals surface area (Å²) in [6.07, 6.45) is 2.86. The van der Waals surface area contributed by atoms with Gasteiger partial charge in [-0.05, 0) is 30.9 Å². The summed E-state index contributed by atoms with van der Waals surface area (Å²) >= 11 is 0. The van der Waals surface area contributed by atoms with Gasteiger partial charge in [0.05, 0.1) is 13.2 Å². The molecule has 1 heterocycles. The lowest BCUT2D eigenvalue weighted by Gasteiger charge is -2.35. The largest absolute Gasteiger partial charge is 0.496 e. The first-order valence-electron chi connectivity index (χ1n) is 7.64. The van der Waals surface area contributed by atoms with Crippen molar-refractivity contribution in [1.29, 1.82) is 0 Å². The van der Waals surface area contributed by atoms with Crippen molar-refractivity contribution in [3.63, 3.8) is 0 Å². The number of ether oxygens (including phenoxy) is 1. The smallest absolute Gasteiger partial charge is 0.126 e. The Balaban J connectivity index is 2.31. The van der Waals surface area contributed by atoms with Crippen LogP contribution in [0, 0.1) is 5.41 Å². The number of benzene rings is 1. The Morgan fingerprint density at radius 3 is 2.48 bits per heavy atom. The minimum atomic E-state index is -0.538. The number of hydrogen-bond acceptors (Lipinski definition) is 3. The van der Waals surface area contributed by atoms with E-state index in [1.54, 1.807) is 14.0 Å². The highest BCUT2D eigenvalue weighted by atomic mass is 16.5. The fourth-order valence-corrected chi connectivity index (χ4v) is 2.98. The van der Waals surface area contributed by atoms with Crippen LogP contribution in [-0.2, 0) is 0 Å². The molecule has 0 saturated carbocycles. The summed E-state index contributed by atoms with van der Waals surface area (Å²) in [5.74, 6) is 0.757. The normalized spacial score (nSPS) is 17.4. The third-order valence-electron chi connectivity index (χ3n) is 4.19. The van der Waals surface area contributed by atoms with E-state index in [-0.39, 0.29) is 5.41 Å². The molecule has 3 nitrogen and oxygen atoms in total. The number of aliphatic hydroxyl groups excluding tert-OH is 1. The maximum atomic E-state index is 10.1. The molecule has 3 heteroatoms. The van der Waals surface area contributed by atoms with Gasteiger partial charge in [-0.15, -0.1) is 0 Å². The van der Waals surface area contributed by atoms with Gasteiger partial charge in [-0.2, -0.15) is 0 Å². The molecular weight excluding hydrogens is 262 g/mol. The van der Waals surface area contributed by atoms with Gasteiger partial charge in [0, 0.05) is 24.3 Å². The Bertz CT molecular complexity index is 527. The Hall–Kier alpha value is -1.48. The lowest BCUT2D eigenvalue weighted by atomic mass is 9.83. The molecule has 1 aliphatic heterocycles. The summed E-state index contributed by atoms with van der Waals surface area (Å²) in [6, 6.07) is 5.97. The topological polar surface area (TPSA) is 32.7 Å². The van der Waals surface area contributed by atoms with Gasteiger partial charge in [0.25, 0.3) is 0 Å². The molecule has 1 N–H and O–H groups in total. The molecule has 1 aliphatic rings. The van der Waals surface area contributed by atoms with Gasteiger partial charge >= 0.3 is 0 Å². The zero-order valence-electron chi connectivity index (χ0n) is 13.8. The average molecular weight is 289 g/mol. The standard InChI is InChI=1S/C18H27NO2/c1-13(20)17-15(7-6-8-16(17)21-5)19-11-9-14(10-12-19)18(2,3)4/h6-9,13,20H,10-12H2,1-5H3/t13-/m0/s1. The van der Waals surface area contributed by atoms with E-state index < -0.39 is 6.10 Å². The van der Waals surface area contributed by atoms with Crippen molar-refractivity contribution >= 4 is 5.69 Å². The lowest BCUT2D eigenvalue weighted by molar-refractivity contribution is 0.194. The molecule has 2 rings (SSSR count). The van der Waals surface area contributed by atoms with Crippen LogP contribution in [0.5, 0.6) is 5.75 Å². The van der Waals surface area contributed by atoms with Gasteiger partial charge in [0.1, 0.15) is 5.75 Å². The fraction of sp³-hybridized carbons (Fsp3) is 0.556. The first-order chi connectivity index (χ1) is 9.84. The highest BCUT2D eigenvalue weighted by Crippen LogP contribution is 2.37. The monoisotopic (exact) mass is 289 g/mol. The summed E-state index contributed by atoms with van der Waals surface area (Å²) in [4.78, 5) is 2.32. The van der Waals surface area contributed by atoms with Gasteiger partial charge < -0.3 is 14.7 Å². The van der Waals surface area contributed by atoms with Crippen LogP contribution in [0.1, 0.15) is 45.8 Å². The SMILES string of the molecule is COc1cccc(N2CC=C(C(C)(C)C)CC2)c1[C@H](C)O. The molecule has 0 fully saturated rings. The Morgan fingerprint density at radius 1 is 1.29 bits per heavy atom. The Morgan fingerprint density at radius 2 is 2.00 bits per heavy atom. The van der Waals surface area contributed by atoms with E-state index in [1.807, 2.05) is 12.1 Å². The van der Waals surface area contributed by atoms with Gasteiger partial charge in [-0.1, -0.05) is 38.5 Å². The fourth-order valence-electron chi connectivity index (χ4n) is 2.98. The van der Waals surface area contributed by atoms with E-state index >= 15 is 0 Å². The van der Waals surface area contributed by atoms with Crippen molar-refractivity contribution in [2.75, 3.05) is 25.1 Å². The number of hydrogen-bond donors (Lipinski definition) is 1. The van der Waals surface area contributed by atoms with Gasteiger partial charge in [-0.25, -0.2) is 0 Å². The first-order valence-corrected chi connectivity index (χ1v) is 7.64. The van der Waals surface area contributed by atoms with E-state index in [0.717, 1.165) is 36.5 Å². The first kappa shape index (κ1) is 15.9. The van der Waals surface area contributed by atoms with E-state index in [4.69, 9.17) is 4.74 Å². The maximum absolute atomic E-state index is 10.1. The number of rotatable bonds is 3. The van der Waals surface area contributed by atoms with E-state index in [1.165, 1.54) is 5.57 Å². The van der Waals surface area contributed by atoms with E-state index in [0.29, 0.717) is 0 Å². The number of nitrogens with zero attached hydrogens (tertiary/aromatic N) is 1. The van der Waals surface area contributed by atoms with Crippen LogP contribution < -0.4 is 9.64 Å². The predicted molar refractivity (Wildman–Crippen MR) is 88.0 cm³/mol. The second-order valence-electron chi connectivity index (χ2n) is 6.74. The second kappa shape index (κ2) is 6.10. The summed E-state index contributed by atoms with van der Waals surface area (Å²) in [5.41, 5.74) is 3.72. The van der Waals surface area contributed by atoms with Gasteiger partial charge in [0.15, 0.2) is 0 Å². The lowest BCUT2D eigenvalue weighted by Crippen LogP contribution is -2.32. The summed E-state index contributed by atoms with van der Waals surface area (Å²) in [7, 11) is 1.65. The molecule has 0 radical (unpaired) electrons. The van der Waals surface area contributed by atoms with E-state index in [9.17, 15) is 5.11 Å². The van der Waals surface area contributed by atoms with Crippen molar-refractivity contribution in [1.82, 2.24) is 0 Å². The molecular formula is C18H27NO2. The van der Waals surface area contributed by atoms with Crippen molar-refractivity contribution in [2.24, 2.45) is 5.41 Å². The van der Waals surface area contributed by atoms with Crippen LogP contribution in [0.4, 0.5) is 5.69 Å². The number of anilines is 1.